The van der Waals surface area contributed by atoms with Gasteiger partial charge in [0.1, 0.15) is 17.5 Å². The molecule has 2 rings (SSSR count). The Morgan fingerprint density at radius 2 is 2.18 bits per heavy atom. The number of ether oxygens (including phenoxy) is 1. The number of benzene rings is 1. The van der Waals surface area contributed by atoms with E-state index >= 15 is 0 Å². The molecule has 5 heteroatoms. The van der Waals surface area contributed by atoms with Crippen LogP contribution in [0.2, 0.25) is 0 Å². The summed E-state index contributed by atoms with van der Waals surface area (Å²) >= 11 is 0. The second kappa shape index (κ2) is 4.66. The van der Waals surface area contributed by atoms with Crippen molar-refractivity contribution in [1.82, 2.24) is 15.4 Å². The van der Waals surface area contributed by atoms with Crippen LogP contribution in [0.3, 0.4) is 0 Å². The first-order chi connectivity index (χ1) is 8.20. The summed E-state index contributed by atoms with van der Waals surface area (Å²) < 4.78 is 5.59. The van der Waals surface area contributed by atoms with Crippen molar-refractivity contribution >= 4 is 0 Å². The fraction of sp³-hybridized carbons (Fsp3) is 0.250. The van der Waals surface area contributed by atoms with Gasteiger partial charge in [0, 0.05) is 5.56 Å². The number of nitrogens with zero attached hydrogens (tertiary/aromatic N) is 3. The van der Waals surface area contributed by atoms with Gasteiger partial charge < -0.3 is 4.74 Å². The van der Waals surface area contributed by atoms with Gasteiger partial charge in [0.15, 0.2) is 5.69 Å². The van der Waals surface area contributed by atoms with E-state index in [1.165, 1.54) is 0 Å². The maximum absolute atomic E-state index is 8.88. The summed E-state index contributed by atoms with van der Waals surface area (Å²) in [5.74, 6) is 0.754. The molecule has 1 N–H and O–H groups in total. The molecule has 0 fully saturated rings. The molecular weight excluding hydrogens is 216 g/mol. The summed E-state index contributed by atoms with van der Waals surface area (Å²) in [6.45, 7) is 3.92. The van der Waals surface area contributed by atoms with Crippen LogP contribution < -0.4 is 4.74 Å². The lowest BCUT2D eigenvalue weighted by atomic mass is 10.1. The van der Waals surface area contributed by atoms with Crippen LogP contribution in [-0.4, -0.2) is 21.5 Å². The van der Waals surface area contributed by atoms with E-state index in [1.807, 2.05) is 44.2 Å². The first kappa shape index (κ1) is 11.1. The largest absolute Gasteiger partial charge is 0.491 e. The Balaban J connectivity index is 2.37. The van der Waals surface area contributed by atoms with Gasteiger partial charge in [0.2, 0.25) is 0 Å². The van der Waals surface area contributed by atoms with Crippen molar-refractivity contribution in [3.63, 3.8) is 0 Å². The van der Waals surface area contributed by atoms with E-state index in [2.05, 4.69) is 15.4 Å². The van der Waals surface area contributed by atoms with Crippen molar-refractivity contribution in [2.75, 3.05) is 0 Å². The fourth-order valence-electron chi connectivity index (χ4n) is 1.50. The summed E-state index contributed by atoms with van der Waals surface area (Å²) in [5.41, 5.74) is 1.64. The van der Waals surface area contributed by atoms with Gasteiger partial charge >= 0.3 is 0 Å². The molecule has 0 aliphatic heterocycles. The molecule has 0 aliphatic carbocycles. The zero-order valence-electron chi connectivity index (χ0n) is 9.64. The van der Waals surface area contributed by atoms with Crippen molar-refractivity contribution in [1.29, 1.82) is 5.26 Å². The topological polar surface area (TPSA) is 74.6 Å². The lowest BCUT2D eigenvalue weighted by Crippen LogP contribution is -2.05. The molecule has 1 heterocycles. The smallest absolute Gasteiger partial charge is 0.190 e. The van der Waals surface area contributed by atoms with Crippen molar-refractivity contribution in [2.45, 2.75) is 20.0 Å². The number of aromatic amines is 1. The molecular formula is C12H12N4O. The highest BCUT2D eigenvalue weighted by Crippen LogP contribution is 2.24. The highest BCUT2D eigenvalue weighted by molar-refractivity contribution is 5.65. The molecule has 0 aliphatic rings. The normalized spacial score (nSPS) is 10.2. The van der Waals surface area contributed by atoms with Gasteiger partial charge in [-0.2, -0.15) is 15.6 Å². The summed E-state index contributed by atoms with van der Waals surface area (Å²) in [6.07, 6.45) is 0.109. The Labute approximate surface area is 99.0 Å². The molecule has 1 aromatic heterocycles. The number of hydrogen-bond acceptors (Lipinski definition) is 4. The maximum atomic E-state index is 8.88. The standard InChI is InChI=1S/C12H12N4O/c1-8(2)17-10-5-3-4-9(6-10)12-11(7-13)14-16-15-12/h3-6,8H,1-2H3,(H,14,15,16). The van der Waals surface area contributed by atoms with Gasteiger partial charge in [0.05, 0.1) is 6.10 Å². The molecule has 86 valence electrons. The third kappa shape index (κ3) is 2.42. The van der Waals surface area contributed by atoms with Gasteiger partial charge in [-0.25, -0.2) is 0 Å². The third-order valence-corrected chi connectivity index (χ3v) is 2.13. The number of nitrogens with one attached hydrogen (secondary N) is 1. The minimum absolute atomic E-state index is 0.109. The predicted octanol–water partition coefficient (Wildman–Crippen LogP) is 2.13. The van der Waals surface area contributed by atoms with Gasteiger partial charge in [-0.1, -0.05) is 12.1 Å². The molecule has 0 unspecified atom stereocenters. The summed E-state index contributed by atoms with van der Waals surface area (Å²) in [4.78, 5) is 0. The van der Waals surface area contributed by atoms with E-state index in [4.69, 9.17) is 10.00 Å². The predicted molar refractivity (Wildman–Crippen MR) is 62.3 cm³/mol. The molecule has 0 amide bonds. The van der Waals surface area contributed by atoms with E-state index in [-0.39, 0.29) is 11.8 Å². The Morgan fingerprint density at radius 1 is 1.35 bits per heavy atom. The quantitative estimate of drug-likeness (QED) is 0.873. The lowest BCUT2D eigenvalue weighted by Gasteiger charge is -2.10. The average molecular weight is 228 g/mol. The van der Waals surface area contributed by atoms with E-state index in [9.17, 15) is 0 Å². The van der Waals surface area contributed by atoms with E-state index in [0.717, 1.165) is 11.3 Å². The molecule has 1 aromatic carbocycles. The highest BCUT2D eigenvalue weighted by Gasteiger charge is 2.10. The number of rotatable bonds is 3. The van der Waals surface area contributed by atoms with Crippen molar-refractivity contribution < 1.29 is 4.74 Å². The second-order valence-corrected chi connectivity index (χ2v) is 3.83. The molecule has 0 atom stereocenters. The fourth-order valence-corrected chi connectivity index (χ4v) is 1.50. The molecule has 2 aromatic rings. The second-order valence-electron chi connectivity index (χ2n) is 3.83. The average Bonchev–Trinajstić information content (AvgIpc) is 2.76. The molecule has 0 saturated carbocycles. The van der Waals surface area contributed by atoms with Crippen molar-refractivity contribution in [3.05, 3.63) is 30.0 Å². The van der Waals surface area contributed by atoms with Gasteiger partial charge in [-0.3, -0.25) is 0 Å². The zero-order chi connectivity index (χ0) is 12.3. The number of aromatic nitrogens is 3. The van der Waals surface area contributed by atoms with Crippen LogP contribution in [0.25, 0.3) is 11.3 Å². The Morgan fingerprint density at radius 3 is 2.88 bits per heavy atom. The molecule has 0 saturated heterocycles. The first-order valence-electron chi connectivity index (χ1n) is 5.28. The minimum Gasteiger partial charge on any atom is -0.491 e. The van der Waals surface area contributed by atoms with Crippen LogP contribution in [0.5, 0.6) is 5.75 Å². The SMILES string of the molecule is CC(C)Oc1cccc(-c2n[nH]nc2C#N)c1. The van der Waals surface area contributed by atoms with Crippen molar-refractivity contribution in [3.8, 4) is 23.1 Å². The van der Waals surface area contributed by atoms with Gasteiger partial charge in [-0.15, -0.1) is 5.10 Å². The monoisotopic (exact) mass is 228 g/mol. The molecule has 0 radical (unpaired) electrons. The maximum Gasteiger partial charge on any atom is 0.190 e. The van der Waals surface area contributed by atoms with E-state index < -0.39 is 0 Å². The summed E-state index contributed by atoms with van der Waals surface area (Å²) in [5, 5.41) is 19.1. The Kier molecular flexibility index (Phi) is 3.06. The molecule has 0 spiro atoms. The van der Waals surface area contributed by atoms with Gasteiger partial charge in [0.25, 0.3) is 0 Å². The van der Waals surface area contributed by atoms with Crippen LogP contribution in [-0.2, 0) is 0 Å². The van der Waals surface area contributed by atoms with E-state index in [0.29, 0.717) is 5.69 Å². The first-order valence-corrected chi connectivity index (χ1v) is 5.28. The number of hydrogen-bond donors (Lipinski definition) is 1. The minimum atomic E-state index is 0.109. The summed E-state index contributed by atoms with van der Waals surface area (Å²) in [7, 11) is 0. The Hall–Kier alpha value is -2.35. The van der Waals surface area contributed by atoms with Crippen LogP contribution in [0, 0.1) is 11.3 Å². The van der Waals surface area contributed by atoms with Crippen LogP contribution in [0.1, 0.15) is 19.5 Å². The zero-order valence-corrected chi connectivity index (χ0v) is 9.64. The van der Waals surface area contributed by atoms with Crippen LogP contribution in [0.15, 0.2) is 24.3 Å². The van der Waals surface area contributed by atoms with Crippen molar-refractivity contribution in [2.24, 2.45) is 0 Å². The Bertz CT molecular complexity index is 554. The highest BCUT2D eigenvalue weighted by atomic mass is 16.5. The third-order valence-electron chi connectivity index (χ3n) is 2.13. The van der Waals surface area contributed by atoms with Crippen LogP contribution >= 0.6 is 0 Å². The molecule has 0 bridgehead atoms. The summed E-state index contributed by atoms with van der Waals surface area (Å²) in [6, 6.07) is 9.44. The number of H-pyrrole nitrogens is 1. The van der Waals surface area contributed by atoms with Crippen LogP contribution in [0.4, 0.5) is 0 Å². The van der Waals surface area contributed by atoms with Gasteiger partial charge in [-0.05, 0) is 26.0 Å². The lowest BCUT2D eigenvalue weighted by molar-refractivity contribution is 0.242. The molecule has 5 nitrogen and oxygen atoms in total. The molecule has 17 heavy (non-hydrogen) atoms. The van der Waals surface area contributed by atoms with E-state index in [1.54, 1.807) is 0 Å². The number of nitriles is 1.